The highest BCUT2D eigenvalue weighted by Crippen LogP contribution is 2.30. The minimum Gasteiger partial charge on any atom is -0.343 e. The standard InChI is InChI=1S/C19H22FN3O.ClH/c1-19(9-12-21-13-10-19)18(24)23-17(16-4-2-3-11-22-16)14-5-7-15(20)8-6-14;/h2-8,11,17,21H,9-10,12-13H2,1H3,(H,23,24);1H. The van der Waals surface area contributed by atoms with E-state index in [0.717, 1.165) is 37.2 Å². The average Bonchev–Trinajstić information content (AvgIpc) is 2.62. The van der Waals surface area contributed by atoms with E-state index in [0.29, 0.717) is 0 Å². The van der Waals surface area contributed by atoms with Crippen molar-refractivity contribution in [3.63, 3.8) is 0 Å². The zero-order valence-electron chi connectivity index (χ0n) is 14.2. The van der Waals surface area contributed by atoms with Gasteiger partial charge in [-0.3, -0.25) is 9.78 Å². The molecule has 25 heavy (non-hydrogen) atoms. The molecular formula is C19H23ClFN3O. The molecule has 1 saturated heterocycles. The number of rotatable bonds is 4. The van der Waals surface area contributed by atoms with Gasteiger partial charge in [0.2, 0.25) is 5.91 Å². The van der Waals surface area contributed by atoms with E-state index in [1.165, 1.54) is 12.1 Å². The summed E-state index contributed by atoms with van der Waals surface area (Å²) in [5, 5.41) is 6.41. The van der Waals surface area contributed by atoms with Crippen molar-refractivity contribution in [3.8, 4) is 0 Å². The molecule has 0 radical (unpaired) electrons. The van der Waals surface area contributed by atoms with Crippen LogP contribution in [-0.2, 0) is 4.79 Å². The van der Waals surface area contributed by atoms with Gasteiger partial charge in [0.05, 0.1) is 11.7 Å². The minimum atomic E-state index is -0.391. The molecule has 1 unspecified atom stereocenters. The molecule has 1 aromatic heterocycles. The van der Waals surface area contributed by atoms with Gasteiger partial charge in [-0.2, -0.15) is 0 Å². The summed E-state index contributed by atoms with van der Waals surface area (Å²) in [5.41, 5.74) is 1.18. The van der Waals surface area contributed by atoms with Crippen LogP contribution in [-0.4, -0.2) is 24.0 Å². The third-order valence-corrected chi connectivity index (χ3v) is 4.72. The number of hydrogen-bond acceptors (Lipinski definition) is 3. The molecule has 1 aliphatic heterocycles. The predicted octanol–water partition coefficient (Wildman–Crippen LogP) is 3.24. The molecule has 1 aromatic carbocycles. The molecule has 2 N–H and O–H groups in total. The molecule has 1 fully saturated rings. The van der Waals surface area contributed by atoms with Crippen LogP contribution in [0.25, 0.3) is 0 Å². The van der Waals surface area contributed by atoms with Crippen molar-refractivity contribution in [1.29, 1.82) is 0 Å². The van der Waals surface area contributed by atoms with E-state index in [9.17, 15) is 9.18 Å². The molecule has 0 spiro atoms. The maximum absolute atomic E-state index is 13.3. The Morgan fingerprint density at radius 2 is 1.88 bits per heavy atom. The largest absolute Gasteiger partial charge is 0.343 e. The number of pyridine rings is 1. The molecule has 1 atom stereocenters. The smallest absolute Gasteiger partial charge is 0.226 e. The van der Waals surface area contributed by atoms with Crippen molar-refractivity contribution in [2.45, 2.75) is 25.8 Å². The Balaban J connectivity index is 0.00000225. The van der Waals surface area contributed by atoms with Crippen molar-refractivity contribution in [3.05, 3.63) is 65.7 Å². The molecule has 2 aromatic rings. The van der Waals surface area contributed by atoms with Crippen LogP contribution in [0.15, 0.2) is 48.7 Å². The van der Waals surface area contributed by atoms with E-state index < -0.39 is 5.41 Å². The third-order valence-electron chi connectivity index (χ3n) is 4.72. The lowest BCUT2D eigenvalue weighted by atomic mass is 9.79. The quantitative estimate of drug-likeness (QED) is 0.876. The predicted molar refractivity (Wildman–Crippen MR) is 98.1 cm³/mol. The Morgan fingerprint density at radius 3 is 2.48 bits per heavy atom. The molecular weight excluding hydrogens is 341 g/mol. The van der Waals surface area contributed by atoms with Gasteiger partial charge in [-0.15, -0.1) is 12.4 Å². The summed E-state index contributed by atoms with van der Waals surface area (Å²) >= 11 is 0. The van der Waals surface area contributed by atoms with E-state index >= 15 is 0 Å². The molecule has 1 aliphatic rings. The number of aromatic nitrogens is 1. The number of carbonyl (C=O) groups is 1. The maximum Gasteiger partial charge on any atom is 0.226 e. The van der Waals surface area contributed by atoms with Gasteiger partial charge in [0, 0.05) is 11.6 Å². The van der Waals surface area contributed by atoms with Crippen molar-refractivity contribution < 1.29 is 9.18 Å². The molecule has 2 heterocycles. The van der Waals surface area contributed by atoms with Crippen molar-refractivity contribution in [1.82, 2.24) is 15.6 Å². The highest BCUT2D eigenvalue weighted by atomic mass is 35.5. The second-order valence-corrected chi connectivity index (χ2v) is 6.52. The van der Waals surface area contributed by atoms with Crippen LogP contribution in [0, 0.1) is 11.2 Å². The van der Waals surface area contributed by atoms with Crippen molar-refractivity contribution >= 4 is 18.3 Å². The van der Waals surface area contributed by atoms with E-state index in [1.54, 1.807) is 18.3 Å². The first-order valence-electron chi connectivity index (χ1n) is 8.27. The molecule has 0 saturated carbocycles. The third kappa shape index (κ3) is 4.55. The lowest BCUT2D eigenvalue weighted by Gasteiger charge is -2.34. The Hall–Kier alpha value is -1.98. The van der Waals surface area contributed by atoms with Gasteiger partial charge in [0.15, 0.2) is 0 Å². The number of nitrogens with one attached hydrogen (secondary N) is 2. The Bertz CT molecular complexity index is 688. The van der Waals surface area contributed by atoms with Crippen LogP contribution in [0.5, 0.6) is 0 Å². The summed E-state index contributed by atoms with van der Waals surface area (Å²) < 4.78 is 13.3. The Kier molecular flexibility index (Phi) is 6.51. The zero-order valence-corrected chi connectivity index (χ0v) is 15.0. The SMILES string of the molecule is CC1(C(=O)NC(c2ccc(F)cc2)c2ccccn2)CCNCC1.Cl. The minimum absolute atomic E-state index is 0. The molecule has 4 nitrogen and oxygen atoms in total. The highest BCUT2D eigenvalue weighted by Gasteiger charge is 2.36. The van der Waals surface area contributed by atoms with E-state index in [2.05, 4.69) is 15.6 Å². The fourth-order valence-electron chi connectivity index (χ4n) is 3.04. The maximum atomic E-state index is 13.3. The molecule has 134 valence electrons. The van der Waals surface area contributed by atoms with Crippen LogP contribution in [0.4, 0.5) is 4.39 Å². The fourth-order valence-corrected chi connectivity index (χ4v) is 3.04. The second-order valence-electron chi connectivity index (χ2n) is 6.52. The van der Waals surface area contributed by atoms with Gasteiger partial charge >= 0.3 is 0 Å². The van der Waals surface area contributed by atoms with Crippen molar-refractivity contribution in [2.75, 3.05) is 13.1 Å². The van der Waals surface area contributed by atoms with Crippen LogP contribution < -0.4 is 10.6 Å². The van der Waals surface area contributed by atoms with Crippen molar-refractivity contribution in [2.24, 2.45) is 5.41 Å². The monoisotopic (exact) mass is 363 g/mol. The molecule has 0 aliphatic carbocycles. The Labute approximate surface area is 153 Å². The summed E-state index contributed by atoms with van der Waals surface area (Å²) in [5.74, 6) is -0.279. The summed E-state index contributed by atoms with van der Waals surface area (Å²) in [6.07, 6.45) is 3.30. The van der Waals surface area contributed by atoms with Crippen LogP contribution >= 0.6 is 12.4 Å². The van der Waals surface area contributed by atoms with Crippen LogP contribution in [0.1, 0.15) is 37.1 Å². The summed E-state index contributed by atoms with van der Waals surface area (Å²) in [6, 6.07) is 11.4. The summed E-state index contributed by atoms with van der Waals surface area (Å²) in [6.45, 7) is 3.69. The van der Waals surface area contributed by atoms with Crippen LogP contribution in [0.3, 0.4) is 0 Å². The van der Waals surface area contributed by atoms with E-state index in [-0.39, 0.29) is 30.2 Å². The molecule has 1 amide bonds. The first kappa shape index (κ1) is 19.3. The number of carbonyl (C=O) groups excluding carboxylic acids is 1. The van der Waals surface area contributed by atoms with Crippen LogP contribution in [0.2, 0.25) is 0 Å². The number of amides is 1. The van der Waals surface area contributed by atoms with Gasteiger partial charge in [-0.05, 0) is 55.8 Å². The summed E-state index contributed by atoms with van der Waals surface area (Å²) in [7, 11) is 0. The number of halogens is 2. The summed E-state index contributed by atoms with van der Waals surface area (Å²) in [4.78, 5) is 17.3. The van der Waals surface area contributed by atoms with Gasteiger partial charge in [-0.1, -0.05) is 25.1 Å². The van der Waals surface area contributed by atoms with Gasteiger partial charge in [-0.25, -0.2) is 4.39 Å². The number of nitrogens with zero attached hydrogens (tertiary/aromatic N) is 1. The van der Waals surface area contributed by atoms with Gasteiger partial charge in [0.1, 0.15) is 5.82 Å². The second kappa shape index (κ2) is 8.41. The van der Waals surface area contributed by atoms with Gasteiger partial charge < -0.3 is 10.6 Å². The molecule has 6 heteroatoms. The first-order valence-corrected chi connectivity index (χ1v) is 8.27. The number of hydrogen-bond donors (Lipinski definition) is 2. The number of benzene rings is 1. The van der Waals surface area contributed by atoms with E-state index in [4.69, 9.17) is 0 Å². The molecule has 0 bridgehead atoms. The average molecular weight is 364 g/mol. The number of piperidine rings is 1. The Morgan fingerprint density at radius 1 is 1.20 bits per heavy atom. The topological polar surface area (TPSA) is 54.0 Å². The highest BCUT2D eigenvalue weighted by molar-refractivity contribution is 5.85. The molecule has 3 rings (SSSR count). The van der Waals surface area contributed by atoms with Gasteiger partial charge in [0.25, 0.3) is 0 Å². The van der Waals surface area contributed by atoms with E-state index in [1.807, 2.05) is 25.1 Å². The zero-order chi connectivity index (χ0) is 17.0. The normalized spacial score (nSPS) is 17.2. The lowest BCUT2D eigenvalue weighted by molar-refractivity contribution is -0.132. The lowest BCUT2D eigenvalue weighted by Crippen LogP contribution is -2.47. The fraction of sp³-hybridized carbons (Fsp3) is 0.368. The first-order chi connectivity index (χ1) is 11.6.